The van der Waals surface area contributed by atoms with E-state index in [1.54, 1.807) is 7.11 Å². The van der Waals surface area contributed by atoms with E-state index in [2.05, 4.69) is 22.4 Å². The van der Waals surface area contributed by atoms with Crippen molar-refractivity contribution in [3.05, 3.63) is 62.8 Å². The standard InChI is InChI=1S/C18H25N3O3/c1-24-13-7-12-21-17(22)14-16(20-18(21)23)19-11-6-5-10-15-8-3-2-4-9-15/h2-4,8-9,14,19H,5-7,10-13H2,1H3,(H,20,23). The number of aryl methyl sites for hydroxylation is 1. The van der Waals surface area contributed by atoms with E-state index in [0.717, 1.165) is 25.8 Å². The molecule has 0 bridgehead atoms. The lowest BCUT2D eigenvalue weighted by atomic mass is 10.1. The molecule has 0 unspecified atom stereocenters. The lowest BCUT2D eigenvalue weighted by Gasteiger charge is -2.08. The minimum Gasteiger partial charge on any atom is -0.385 e. The molecule has 0 aliphatic carbocycles. The summed E-state index contributed by atoms with van der Waals surface area (Å²) in [6, 6.07) is 11.8. The minimum atomic E-state index is -0.384. The lowest BCUT2D eigenvalue weighted by molar-refractivity contribution is 0.189. The number of nitrogens with zero attached hydrogens (tertiary/aromatic N) is 1. The van der Waals surface area contributed by atoms with Gasteiger partial charge in [-0.2, -0.15) is 0 Å². The predicted octanol–water partition coefficient (Wildman–Crippen LogP) is 2.01. The van der Waals surface area contributed by atoms with Crippen molar-refractivity contribution in [3.63, 3.8) is 0 Å². The fraction of sp³-hybridized carbons (Fsp3) is 0.444. The predicted molar refractivity (Wildman–Crippen MR) is 95.7 cm³/mol. The van der Waals surface area contributed by atoms with E-state index < -0.39 is 0 Å². The topological polar surface area (TPSA) is 76.1 Å². The van der Waals surface area contributed by atoms with Crippen molar-refractivity contribution in [2.75, 3.05) is 25.6 Å². The summed E-state index contributed by atoms with van der Waals surface area (Å²) in [4.78, 5) is 26.7. The first-order valence-corrected chi connectivity index (χ1v) is 8.31. The smallest absolute Gasteiger partial charge is 0.329 e. The highest BCUT2D eigenvalue weighted by Crippen LogP contribution is 2.05. The second kappa shape index (κ2) is 9.72. The zero-order chi connectivity index (χ0) is 17.2. The zero-order valence-corrected chi connectivity index (χ0v) is 14.1. The second-order valence-corrected chi connectivity index (χ2v) is 5.69. The number of anilines is 1. The Morgan fingerprint density at radius 3 is 2.62 bits per heavy atom. The molecule has 0 spiro atoms. The van der Waals surface area contributed by atoms with Crippen LogP contribution in [0.25, 0.3) is 0 Å². The minimum absolute atomic E-state index is 0.290. The summed E-state index contributed by atoms with van der Waals surface area (Å²) in [6.45, 7) is 1.60. The van der Waals surface area contributed by atoms with Gasteiger partial charge < -0.3 is 10.1 Å². The van der Waals surface area contributed by atoms with Gasteiger partial charge in [-0.3, -0.25) is 14.3 Å². The largest absolute Gasteiger partial charge is 0.385 e. The average Bonchev–Trinajstić information content (AvgIpc) is 2.58. The van der Waals surface area contributed by atoms with Crippen LogP contribution in [0.15, 0.2) is 46.0 Å². The lowest BCUT2D eigenvalue weighted by Crippen LogP contribution is -2.35. The van der Waals surface area contributed by atoms with Crippen LogP contribution in [-0.4, -0.2) is 29.8 Å². The number of aromatic nitrogens is 2. The van der Waals surface area contributed by atoms with Crippen molar-refractivity contribution >= 4 is 5.82 Å². The summed E-state index contributed by atoms with van der Waals surface area (Å²) >= 11 is 0. The van der Waals surface area contributed by atoms with Crippen LogP contribution in [-0.2, 0) is 17.7 Å². The molecule has 0 aliphatic heterocycles. The molecule has 1 aromatic heterocycles. The van der Waals surface area contributed by atoms with Crippen LogP contribution in [0.5, 0.6) is 0 Å². The Hall–Kier alpha value is -2.34. The summed E-state index contributed by atoms with van der Waals surface area (Å²) in [5, 5.41) is 3.11. The molecule has 130 valence electrons. The first-order valence-electron chi connectivity index (χ1n) is 8.31. The number of benzene rings is 1. The van der Waals surface area contributed by atoms with Crippen LogP contribution in [0.1, 0.15) is 24.8 Å². The fourth-order valence-corrected chi connectivity index (χ4v) is 2.52. The maximum atomic E-state index is 12.0. The molecule has 0 aliphatic rings. The molecule has 0 radical (unpaired) electrons. The number of unbranched alkanes of at least 4 members (excludes halogenated alkanes) is 1. The Morgan fingerprint density at radius 2 is 1.92 bits per heavy atom. The number of H-pyrrole nitrogens is 1. The summed E-state index contributed by atoms with van der Waals surface area (Å²) in [5.41, 5.74) is 0.650. The van der Waals surface area contributed by atoms with E-state index in [1.807, 2.05) is 18.2 Å². The zero-order valence-electron chi connectivity index (χ0n) is 14.1. The van der Waals surface area contributed by atoms with E-state index in [0.29, 0.717) is 25.4 Å². The molecule has 0 saturated heterocycles. The molecular weight excluding hydrogens is 306 g/mol. The van der Waals surface area contributed by atoms with Crippen LogP contribution in [0, 0.1) is 0 Å². The number of hydrogen-bond acceptors (Lipinski definition) is 4. The van der Waals surface area contributed by atoms with Crippen molar-refractivity contribution in [1.29, 1.82) is 0 Å². The van der Waals surface area contributed by atoms with Crippen LogP contribution < -0.4 is 16.6 Å². The molecule has 1 aromatic carbocycles. The fourth-order valence-electron chi connectivity index (χ4n) is 2.52. The molecule has 0 saturated carbocycles. The van der Waals surface area contributed by atoms with E-state index in [1.165, 1.54) is 16.2 Å². The number of methoxy groups -OCH3 is 1. The molecule has 2 aromatic rings. The van der Waals surface area contributed by atoms with Gasteiger partial charge in [0.1, 0.15) is 5.82 Å². The maximum absolute atomic E-state index is 12.0. The Kier molecular flexibility index (Phi) is 7.29. The number of hydrogen-bond donors (Lipinski definition) is 2. The molecule has 0 amide bonds. The molecule has 0 atom stereocenters. The van der Waals surface area contributed by atoms with Gasteiger partial charge >= 0.3 is 5.69 Å². The molecule has 6 nitrogen and oxygen atoms in total. The third-order valence-corrected chi connectivity index (χ3v) is 3.80. The van der Waals surface area contributed by atoms with Gasteiger partial charge in [-0.05, 0) is 31.2 Å². The van der Waals surface area contributed by atoms with Gasteiger partial charge in [0.05, 0.1) is 0 Å². The summed E-state index contributed by atoms with van der Waals surface area (Å²) in [6.07, 6.45) is 3.68. The summed E-state index contributed by atoms with van der Waals surface area (Å²) < 4.78 is 6.13. The highest BCUT2D eigenvalue weighted by molar-refractivity contribution is 5.31. The van der Waals surface area contributed by atoms with Crippen LogP contribution in [0.4, 0.5) is 5.82 Å². The van der Waals surface area contributed by atoms with Gasteiger partial charge in [-0.15, -0.1) is 0 Å². The van der Waals surface area contributed by atoms with E-state index in [9.17, 15) is 9.59 Å². The first-order chi connectivity index (χ1) is 11.7. The molecule has 2 rings (SSSR count). The van der Waals surface area contributed by atoms with Gasteiger partial charge in [-0.1, -0.05) is 30.3 Å². The van der Waals surface area contributed by atoms with Crippen molar-refractivity contribution in [1.82, 2.24) is 9.55 Å². The van der Waals surface area contributed by atoms with Crippen LogP contribution in [0.3, 0.4) is 0 Å². The van der Waals surface area contributed by atoms with Crippen molar-refractivity contribution < 1.29 is 4.74 Å². The Labute approximate surface area is 141 Å². The van der Waals surface area contributed by atoms with Gasteiger partial charge in [-0.25, -0.2) is 4.79 Å². The van der Waals surface area contributed by atoms with Gasteiger partial charge in [0.2, 0.25) is 0 Å². The molecule has 0 fully saturated rings. The number of aromatic amines is 1. The first kappa shape index (κ1) is 18.0. The van der Waals surface area contributed by atoms with Crippen molar-refractivity contribution in [2.45, 2.75) is 32.2 Å². The van der Waals surface area contributed by atoms with E-state index >= 15 is 0 Å². The highest BCUT2D eigenvalue weighted by atomic mass is 16.5. The SMILES string of the molecule is COCCCn1c(=O)cc(NCCCCc2ccccc2)[nH]c1=O. The average molecular weight is 331 g/mol. The number of ether oxygens (including phenoxy) is 1. The third-order valence-electron chi connectivity index (χ3n) is 3.80. The molecule has 2 N–H and O–H groups in total. The second-order valence-electron chi connectivity index (χ2n) is 5.69. The van der Waals surface area contributed by atoms with Crippen LogP contribution in [0.2, 0.25) is 0 Å². The monoisotopic (exact) mass is 331 g/mol. The van der Waals surface area contributed by atoms with Crippen molar-refractivity contribution in [2.24, 2.45) is 0 Å². The van der Waals surface area contributed by atoms with Crippen LogP contribution >= 0.6 is 0 Å². The summed E-state index contributed by atoms with van der Waals surface area (Å²) in [7, 11) is 1.60. The number of rotatable bonds is 10. The molecule has 24 heavy (non-hydrogen) atoms. The van der Waals surface area contributed by atoms with E-state index in [4.69, 9.17) is 4.74 Å². The van der Waals surface area contributed by atoms with Gasteiger partial charge in [0, 0.05) is 32.9 Å². The Morgan fingerprint density at radius 1 is 1.12 bits per heavy atom. The maximum Gasteiger partial charge on any atom is 0.329 e. The van der Waals surface area contributed by atoms with Gasteiger partial charge in [0.25, 0.3) is 5.56 Å². The highest BCUT2D eigenvalue weighted by Gasteiger charge is 2.04. The molecule has 1 heterocycles. The number of nitrogens with one attached hydrogen (secondary N) is 2. The van der Waals surface area contributed by atoms with E-state index in [-0.39, 0.29) is 11.2 Å². The molecular formula is C18H25N3O3. The Bertz CT molecular complexity index is 691. The van der Waals surface area contributed by atoms with Crippen molar-refractivity contribution in [3.8, 4) is 0 Å². The quantitative estimate of drug-likeness (QED) is 0.653. The molecule has 6 heteroatoms. The normalized spacial score (nSPS) is 10.7. The Balaban J connectivity index is 1.78. The third kappa shape index (κ3) is 5.70. The summed E-state index contributed by atoms with van der Waals surface area (Å²) in [5.74, 6) is 0.479. The van der Waals surface area contributed by atoms with Gasteiger partial charge in [0.15, 0.2) is 0 Å².